The number of benzene rings is 1. The van der Waals surface area contributed by atoms with E-state index in [0.29, 0.717) is 18.9 Å². The second kappa shape index (κ2) is 5.85. The summed E-state index contributed by atoms with van der Waals surface area (Å²) in [6.45, 7) is 5.41. The summed E-state index contributed by atoms with van der Waals surface area (Å²) in [4.78, 5) is -0.568. The van der Waals surface area contributed by atoms with Crippen molar-refractivity contribution in [2.75, 3.05) is 0 Å². The second-order valence-electron chi connectivity index (χ2n) is 4.57. The summed E-state index contributed by atoms with van der Waals surface area (Å²) in [6.07, 6.45) is 1.12. The molecule has 0 aromatic heterocycles. The van der Waals surface area contributed by atoms with Crippen molar-refractivity contribution in [3.05, 3.63) is 28.2 Å². The van der Waals surface area contributed by atoms with E-state index in [1.165, 1.54) is 0 Å². The van der Waals surface area contributed by atoms with E-state index in [1.807, 2.05) is 13.8 Å². The van der Waals surface area contributed by atoms with Crippen LogP contribution in [-0.2, 0) is 10.0 Å². The normalized spacial score (nSPS) is 12.7. The maximum atomic E-state index is 13.7. The summed E-state index contributed by atoms with van der Waals surface area (Å²) in [5, 5.41) is 0. The van der Waals surface area contributed by atoms with Gasteiger partial charge >= 0.3 is 0 Å². The van der Waals surface area contributed by atoms with E-state index in [2.05, 4.69) is 20.7 Å². The first-order valence-electron chi connectivity index (χ1n) is 5.83. The molecule has 0 heterocycles. The Morgan fingerprint density at radius 1 is 1.26 bits per heavy atom. The minimum absolute atomic E-state index is 0.132. The molecule has 1 rings (SSSR count). The van der Waals surface area contributed by atoms with Gasteiger partial charge in [0.15, 0.2) is 0 Å². The van der Waals surface area contributed by atoms with Gasteiger partial charge in [0.25, 0.3) is 0 Å². The number of nitrogens with one attached hydrogen (secondary N) is 1. The molecule has 7 heteroatoms. The molecule has 0 fully saturated rings. The molecule has 0 aliphatic rings. The number of hydrogen-bond donors (Lipinski definition) is 1. The maximum Gasteiger partial charge on any atom is 0.245 e. The zero-order chi connectivity index (χ0) is 14.8. The summed E-state index contributed by atoms with van der Waals surface area (Å²) < 4.78 is 53.4. The maximum absolute atomic E-state index is 13.7. The van der Waals surface area contributed by atoms with E-state index in [-0.39, 0.29) is 4.47 Å². The average molecular weight is 356 g/mol. The van der Waals surface area contributed by atoms with Gasteiger partial charge in [-0.2, -0.15) is 0 Å². The first-order valence-corrected chi connectivity index (χ1v) is 8.11. The largest absolute Gasteiger partial charge is 0.245 e. The van der Waals surface area contributed by atoms with E-state index in [9.17, 15) is 17.2 Å². The molecule has 0 radical (unpaired) electrons. The number of sulfonamides is 1. The van der Waals surface area contributed by atoms with Gasteiger partial charge in [0, 0.05) is 16.1 Å². The Morgan fingerprint density at radius 3 is 2.21 bits per heavy atom. The molecule has 0 aliphatic heterocycles. The quantitative estimate of drug-likeness (QED) is 0.877. The summed E-state index contributed by atoms with van der Waals surface area (Å²) in [5.74, 6) is -1.95. The predicted molar refractivity (Wildman–Crippen MR) is 73.4 cm³/mol. The standard InChI is InChI=1S/C12H16BrF2NO2S/c1-4-12(3,5-2)16-19(17,18)11-9(13)6-8(14)7-10(11)15/h6-7,16H,4-5H2,1-3H3. The molecule has 1 N–H and O–H groups in total. The van der Waals surface area contributed by atoms with Crippen molar-refractivity contribution >= 4 is 26.0 Å². The lowest BCUT2D eigenvalue weighted by atomic mass is 9.98. The topological polar surface area (TPSA) is 46.2 Å². The highest BCUT2D eigenvalue weighted by atomic mass is 79.9. The van der Waals surface area contributed by atoms with Crippen LogP contribution in [-0.4, -0.2) is 14.0 Å². The molecule has 0 bridgehead atoms. The van der Waals surface area contributed by atoms with Crippen LogP contribution in [0.5, 0.6) is 0 Å². The molecule has 0 spiro atoms. The number of hydrogen-bond acceptors (Lipinski definition) is 2. The van der Waals surface area contributed by atoms with Crippen LogP contribution in [0.1, 0.15) is 33.6 Å². The van der Waals surface area contributed by atoms with Crippen molar-refractivity contribution in [3.8, 4) is 0 Å². The number of halogens is 3. The molecule has 19 heavy (non-hydrogen) atoms. The van der Waals surface area contributed by atoms with Crippen LogP contribution in [0.2, 0.25) is 0 Å². The minimum atomic E-state index is -4.06. The predicted octanol–water partition coefficient (Wildman–Crippen LogP) is 3.58. The SMILES string of the molecule is CCC(C)(CC)NS(=O)(=O)c1c(F)cc(F)cc1Br. The smallest absolute Gasteiger partial charge is 0.207 e. The van der Waals surface area contributed by atoms with Crippen molar-refractivity contribution in [2.24, 2.45) is 0 Å². The van der Waals surface area contributed by atoms with Crippen molar-refractivity contribution in [1.29, 1.82) is 0 Å². The fraction of sp³-hybridized carbons (Fsp3) is 0.500. The molecule has 0 amide bonds. The van der Waals surface area contributed by atoms with Gasteiger partial charge in [-0.15, -0.1) is 0 Å². The molecule has 3 nitrogen and oxygen atoms in total. The zero-order valence-corrected chi connectivity index (χ0v) is 13.3. The van der Waals surface area contributed by atoms with Gasteiger partial charge in [-0.05, 0) is 41.8 Å². The van der Waals surface area contributed by atoms with Gasteiger partial charge in [0.2, 0.25) is 10.0 Å². The van der Waals surface area contributed by atoms with E-state index >= 15 is 0 Å². The lowest BCUT2D eigenvalue weighted by Gasteiger charge is -2.28. The summed E-state index contributed by atoms with van der Waals surface area (Å²) in [7, 11) is -4.06. The van der Waals surface area contributed by atoms with Crippen LogP contribution in [0.3, 0.4) is 0 Å². The molecular formula is C12H16BrF2NO2S. The van der Waals surface area contributed by atoms with Crippen molar-refractivity contribution < 1.29 is 17.2 Å². The summed E-state index contributed by atoms with van der Waals surface area (Å²) in [5.41, 5.74) is -0.668. The Morgan fingerprint density at radius 2 is 1.79 bits per heavy atom. The van der Waals surface area contributed by atoms with E-state index < -0.39 is 32.1 Å². The van der Waals surface area contributed by atoms with Gasteiger partial charge in [-0.3, -0.25) is 0 Å². The highest BCUT2D eigenvalue weighted by Gasteiger charge is 2.31. The molecule has 1 aromatic rings. The average Bonchev–Trinajstić information content (AvgIpc) is 2.26. The molecule has 1 aromatic carbocycles. The monoisotopic (exact) mass is 355 g/mol. The van der Waals surface area contributed by atoms with E-state index in [4.69, 9.17) is 0 Å². The van der Waals surface area contributed by atoms with Crippen molar-refractivity contribution in [1.82, 2.24) is 4.72 Å². The van der Waals surface area contributed by atoms with Gasteiger partial charge in [0.05, 0.1) is 0 Å². The Labute approximate surface area is 120 Å². The number of rotatable bonds is 5. The Kier molecular flexibility index (Phi) is 5.08. The van der Waals surface area contributed by atoms with Gasteiger partial charge in [0.1, 0.15) is 16.5 Å². The Hall–Kier alpha value is -0.530. The zero-order valence-electron chi connectivity index (χ0n) is 10.9. The first kappa shape index (κ1) is 16.5. The fourth-order valence-corrected chi connectivity index (χ4v) is 4.27. The summed E-state index contributed by atoms with van der Waals surface area (Å²) >= 11 is 2.89. The van der Waals surface area contributed by atoms with E-state index in [1.54, 1.807) is 6.92 Å². The molecule has 0 aliphatic carbocycles. The molecule has 0 unspecified atom stereocenters. The highest BCUT2D eigenvalue weighted by molar-refractivity contribution is 9.10. The first-order chi connectivity index (χ1) is 8.65. The third-order valence-corrected chi connectivity index (χ3v) is 5.77. The van der Waals surface area contributed by atoms with Crippen LogP contribution in [0.15, 0.2) is 21.5 Å². The fourth-order valence-electron chi connectivity index (χ4n) is 1.56. The lowest BCUT2D eigenvalue weighted by Crippen LogP contribution is -2.45. The van der Waals surface area contributed by atoms with Crippen LogP contribution in [0.25, 0.3) is 0 Å². The van der Waals surface area contributed by atoms with Crippen molar-refractivity contribution in [2.45, 2.75) is 44.0 Å². The second-order valence-corrected chi connectivity index (χ2v) is 7.05. The molecular weight excluding hydrogens is 340 g/mol. The Bertz CT molecular complexity index is 548. The van der Waals surface area contributed by atoms with Gasteiger partial charge < -0.3 is 0 Å². The third-order valence-electron chi connectivity index (χ3n) is 3.17. The molecule has 0 saturated heterocycles. The lowest BCUT2D eigenvalue weighted by molar-refractivity contribution is 0.387. The highest BCUT2D eigenvalue weighted by Crippen LogP contribution is 2.28. The third kappa shape index (κ3) is 3.73. The van der Waals surface area contributed by atoms with E-state index in [0.717, 1.165) is 6.07 Å². The van der Waals surface area contributed by atoms with Crippen LogP contribution in [0.4, 0.5) is 8.78 Å². The Balaban J connectivity index is 3.29. The van der Waals surface area contributed by atoms with Crippen LogP contribution < -0.4 is 4.72 Å². The molecule has 0 atom stereocenters. The van der Waals surface area contributed by atoms with Crippen LogP contribution >= 0.6 is 15.9 Å². The molecule has 108 valence electrons. The van der Waals surface area contributed by atoms with Gasteiger partial charge in [-0.25, -0.2) is 21.9 Å². The minimum Gasteiger partial charge on any atom is -0.207 e. The van der Waals surface area contributed by atoms with Crippen molar-refractivity contribution in [3.63, 3.8) is 0 Å². The molecule has 0 saturated carbocycles. The van der Waals surface area contributed by atoms with Crippen LogP contribution in [0, 0.1) is 11.6 Å². The van der Waals surface area contributed by atoms with Gasteiger partial charge in [-0.1, -0.05) is 13.8 Å². The summed E-state index contributed by atoms with van der Waals surface area (Å²) in [6, 6.07) is 1.47.